The Bertz CT molecular complexity index is 636. The molecule has 0 spiro atoms. The largest absolute Gasteiger partial charge is 0.108 e. The van der Waals surface area contributed by atoms with Crippen LogP contribution in [0.15, 0.2) is 0 Å². The maximum absolute atomic E-state index is 6.86. The molecule has 0 aliphatic heterocycles. The van der Waals surface area contributed by atoms with Crippen LogP contribution < -0.4 is 0 Å². The van der Waals surface area contributed by atoms with Crippen molar-refractivity contribution in [2.24, 2.45) is 0 Å². The van der Waals surface area contributed by atoms with Gasteiger partial charge in [0.1, 0.15) is 0 Å². The molecule has 0 bridgehead atoms. The van der Waals surface area contributed by atoms with E-state index in [9.17, 15) is 0 Å². The molecule has 0 aliphatic rings. The number of hydrogen-bond donors (Lipinski definition) is 1. The third kappa shape index (κ3) is 70.4. The monoisotopic (exact) mass is 455 g/mol. The number of nitrogens with zero attached hydrogens (tertiary/aromatic N) is 2. The molecule has 0 heterocycles. The molecule has 0 saturated heterocycles. The maximum Gasteiger partial charge on any atom is 0 e. The first kappa shape index (κ1) is 31.6. The Morgan fingerprint density at radius 2 is 1.24 bits per heavy atom. The number of halogens is 3. The number of hydrogen-bond acceptors (Lipinski definition) is 1. The third-order valence-corrected chi connectivity index (χ3v) is 0.697. The summed E-state index contributed by atoms with van der Waals surface area (Å²) in [6.07, 6.45) is 4.86. The van der Waals surface area contributed by atoms with Crippen molar-refractivity contribution in [3.05, 3.63) is 10.4 Å². The van der Waals surface area contributed by atoms with E-state index < -0.39 is 18.9 Å². The van der Waals surface area contributed by atoms with Gasteiger partial charge in [-0.2, -0.15) is 0 Å². The fourth-order valence-electron chi connectivity index (χ4n) is 0.317. The van der Waals surface area contributed by atoms with Crippen molar-refractivity contribution in [1.82, 2.24) is 0 Å². The van der Waals surface area contributed by atoms with Crippen LogP contribution in [0.4, 0.5) is 0 Å². The fraction of sp³-hybridized carbons (Fsp3) is 0.143. The van der Waals surface area contributed by atoms with Gasteiger partial charge in [-0.1, -0.05) is 13.3 Å². The standard InChI is InChI=1S/C13H4.CH4.3ClH.HN3.Sn.5H2/c1-3-5-7-9-11-13-12-10-8-6-4-2;;;;;1-3-2;;;;;;/h1H,2H3;1H4;3*1H;1H;;5*1H/q;;;;;;+2;;;;;/p-2. The summed E-state index contributed by atoms with van der Waals surface area (Å²) in [5.41, 5.74) is 12.2. The average molecular weight is 455 g/mol. The van der Waals surface area contributed by atoms with Crippen molar-refractivity contribution >= 4 is 49.1 Å². The van der Waals surface area contributed by atoms with Gasteiger partial charge in [0.05, 0.1) is 0 Å². The maximum atomic E-state index is 6.86. The Kier molecular flexibility index (Phi) is 64.6. The van der Waals surface area contributed by atoms with Gasteiger partial charge in [-0.25, -0.2) is 0 Å². The summed E-state index contributed by atoms with van der Waals surface area (Å²) in [7, 11) is 9.87. The fourth-order valence-corrected chi connectivity index (χ4v) is 0.317. The zero-order valence-electron chi connectivity index (χ0n) is 10.1. The van der Waals surface area contributed by atoms with Crippen molar-refractivity contribution < 1.29 is 7.13 Å². The van der Waals surface area contributed by atoms with E-state index in [1.54, 1.807) is 11.8 Å². The molecule has 0 saturated carbocycles. The summed E-state index contributed by atoms with van der Waals surface area (Å²) < 4.78 is 0. The molecule has 0 aromatic carbocycles. The number of terminal acetylenes is 1. The van der Waals surface area contributed by atoms with Crippen LogP contribution in [0.2, 0.25) is 0 Å². The first-order valence-corrected chi connectivity index (χ1v) is 11.3. The van der Waals surface area contributed by atoms with Crippen molar-refractivity contribution in [3.8, 4) is 71.5 Å². The van der Waals surface area contributed by atoms with E-state index in [1.807, 2.05) is 0 Å². The van der Waals surface area contributed by atoms with E-state index in [-0.39, 0.29) is 27.0 Å². The first-order chi connectivity index (χ1) is 9.24. The Morgan fingerprint density at radius 3 is 1.48 bits per heavy atom. The SMILES string of the molecule is C.C#CC#CC#CC#CC#CC#CC.Cl.[Cl][Sn][Cl].[HH].[HH].[HH].[HH].[HH].[N-]=[N+]=N. The van der Waals surface area contributed by atoms with Crippen molar-refractivity contribution in [2.75, 3.05) is 0 Å². The minimum absolute atomic E-state index is 0. The van der Waals surface area contributed by atoms with Gasteiger partial charge in [-0.05, 0) is 76.6 Å². The molecule has 0 aliphatic carbocycles. The second-order valence-electron chi connectivity index (χ2n) is 1.69. The molecule has 0 rings (SSSR count). The van der Waals surface area contributed by atoms with Crippen LogP contribution in [0, 0.1) is 77.1 Å². The predicted molar refractivity (Wildman–Crippen MR) is 105 cm³/mol. The van der Waals surface area contributed by atoms with E-state index in [0.717, 1.165) is 0 Å². The average Bonchev–Trinajstić information content (AvgIpc) is 2.39. The predicted octanol–water partition coefficient (Wildman–Crippen LogP) is 4.82. The quantitative estimate of drug-likeness (QED) is 0.179. The molecule has 0 fully saturated rings. The Hall–Kier alpha value is -1.66. The first-order valence-electron chi connectivity index (χ1n) is 4.09. The minimum Gasteiger partial charge on any atom is -0.108 e. The summed E-state index contributed by atoms with van der Waals surface area (Å²) in [4.78, 5) is 1.75. The van der Waals surface area contributed by atoms with Crippen molar-refractivity contribution in [1.29, 1.82) is 5.53 Å². The molecule has 3 nitrogen and oxygen atoms in total. The Balaban J connectivity index is -0.0000000219. The molecule has 0 unspecified atom stereocenters. The van der Waals surface area contributed by atoms with E-state index in [4.69, 9.17) is 35.3 Å². The van der Waals surface area contributed by atoms with Gasteiger partial charge < -0.3 is 0 Å². The van der Waals surface area contributed by atoms with E-state index in [2.05, 4.69) is 65.1 Å². The van der Waals surface area contributed by atoms with Gasteiger partial charge in [0.15, 0.2) is 0 Å². The summed E-state index contributed by atoms with van der Waals surface area (Å²) in [6, 6.07) is 0. The molecule has 1 N–H and O–H groups in total. The van der Waals surface area contributed by atoms with Crippen molar-refractivity contribution in [2.45, 2.75) is 14.4 Å². The number of nitrogens with one attached hydrogen (secondary N) is 1. The Morgan fingerprint density at radius 1 is 1.00 bits per heavy atom. The van der Waals surface area contributed by atoms with Gasteiger partial charge in [0.25, 0.3) is 0 Å². The zero-order chi connectivity index (χ0) is 15.2. The van der Waals surface area contributed by atoms with Gasteiger partial charge in [0.2, 0.25) is 0 Å². The summed E-state index contributed by atoms with van der Waals surface area (Å²) >= 11 is -0.826. The van der Waals surface area contributed by atoms with Crippen LogP contribution in [-0.4, -0.2) is 18.9 Å². The summed E-state index contributed by atoms with van der Waals surface area (Å²) in [6.45, 7) is 1.71. The van der Waals surface area contributed by atoms with Crippen LogP contribution in [-0.2, 0) is 0 Å². The number of rotatable bonds is 0. The van der Waals surface area contributed by atoms with Crippen LogP contribution in [0.1, 0.15) is 21.5 Å². The molecule has 0 aromatic rings. The molecule has 0 amide bonds. The van der Waals surface area contributed by atoms with Gasteiger partial charge >= 0.3 is 36.7 Å². The summed E-state index contributed by atoms with van der Waals surface area (Å²) in [5.74, 6) is 26.9. The topological polar surface area (TPSA) is 60.3 Å². The van der Waals surface area contributed by atoms with Crippen molar-refractivity contribution in [3.63, 3.8) is 0 Å². The minimum atomic E-state index is -0.826. The van der Waals surface area contributed by atoms with Crippen LogP contribution in [0.25, 0.3) is 10.4 Å². The van der Waals surface area contributed by atoms with Gasteiger partial charge in [-0.15, -0.1) is 24.4 Å². The molecule has 21 heavy (non-hydrogen) atoms. The molecule has 2 radical (unpaired) electrons. The zero-order valence-corrected chi connectivity index (χ0v) is 15.3. The smallest absolute Gasteiger partial charge is 0 e. The van der Waals surface area contributed by atoms with Crippen LogP contribution in [0.5, 0.6) is 0 Å². The van der Waals surface area contributed by atoms with Crippen LogP contribution in [0.3, 0.4) is 0 Å². The van der Waals surface area contributed by atoms with Gasteiger partial charge in [0, 0.05) is 7.13 Å². The van der Waals surface area contributed by atoms with E-state index in [1.165, 1.54) is 0 Å². The molecular formula is C14H20Cl3N3Sn. The molecule has 7 heteroatoms. The van der Waals surface area contributed by atoms with E-state index >= 15 is 0 Å². The van der Waals surface area contributed by atoms with E-state index in [0.29, 0.717) is 0 Å². The summed E-state index contributed by atoms with van der Waals surface area (Å²) in [5, 5.41) is 0. The molecule has 116 valence electrons. The second kappa shape index (κ2) is 42.9. The molecule has 0 atom stereocenters. The second-order valence-corrected chi connectivity index (χ2v) is 5.93. The third-order valence-electron chi connectivity index (χ3n) is 0.697. The normalized spacial score (nSPS) is 3.52. The Labute approximate surface area is 157 Å². The van der Waals surface area contributed by atoms with Crippen LogP contribution >= 0.6 is 30.2 Å². The molecule has 0 aromatic heterocycles. The van der Waals surface area contributed by atoms with Gasteiger partial charge in [-0.3, -0.25) is 0 Å². The molecular weight excluding hydrogens is 435 g/mol.